The van der Waals surface area contributed by atoms with Crippen molar-refractivity contribution in [1.29, 1.82) is 0 Å². The molecule has 3 aromatic heterocycles. The standard InChI is InChI=1S/C9H5N5O2S2/c15-6(12-8-13-11-4-18-8)5-3-10-9-14(7(5)16)1-2-17-9/h1-4H,(H,12,13,15). The summed E-state index contributed by atoms with van der Waals surface area (Å²) in [6, 6.07) is 0. The fourth-order valence-corrected chi connectivity index (χ4v) is 2.49. The van der Waals surface area contributed by atoms with E-state index in [1.54, 1.807) is 11.6 Å². The van der Waals surface area contributed by atoms with Gasteiger partial charge in [-0.25, -0.2) is 4.98 Å². The van der Waals surface area contributed by atoms with Crippen LogP contribution in [0.1, 0.15) is 10.4 Å². The van der Waals surface area contributed by atoms with Gasteiger partial charge < -0.3 is 0 Å². The number of hydrogen-bond acceptors (Lipinski definition) is 7. The number of rotatable bonds is 2. The molecule has 18 heavy (non-hydrogen) atoms. The van der Waals surface area contributed by atoms with Crippen molar-refractivity contribution in [2.24, 2.45) is 0 Å². The second-order valence-corrected chi connectivity index (χ2v) is 4.94. The van der Waals surface area contributed by atoms with Gasteiger partial charge in [0.25, 0.3) is 11.5 Å². The fraction of sp³-hybridized carbons (Fsp3) is 0. The minimum absolute atomic E-state index is 0.0268. The number of carbonyl (C=O) groups is 1. The molecule has 0 aliphatic heterocycles. The molecule has 0 spiro atoms. The molecule has 0 aliphatic carbocycles. The predicted molar refractivity (Wildman–Crippen MR) is 67.2 cm³/mol. The van der Waals surface area contributed by atoms with Crippen molar-refractivity contribution in [1.82, 2.24) is 19.6 Å². The topological polar surface area (TPSA) is 89.2 Å². The molecule has 0 saturated heterocycles. The van der Waals surface area contributed by atoms with Gasteiger partial charge in [-0.3, -0.25) is 19.3 Å². The van der Waals surface area contributed by atoms with Gasteiger partial charge >= 0.3 is 0 Å². The van der Waals surface area contributed by atoms with Gasteiger partial charge in [-0.15, -0.1) is 21.5 Å². The Bertz CT molecular complexity index is 761. The van der Waals surface area contributed by atoms with Gasteiger partial charge in [-0.1, -0.05) is 11.3 Å². The molecule has 1 N–H and O–H groups in total. The number of nitrogens with one attached hydrogen (secondary N) is 1. The highest BCUT2D eigenvalue weighted by Gasteiger charge is 2.14. The third-order valence-corrected chi connectivity index (χ3v) is 3.55. The Morgan fingerprint density at radius 1 is 1.39 bits per heavy atom. The Kier molecular flexibility index (Phi) is 2.61. The molecule has 90 valence electrons. The second kappa shape index (κ2) is 4.27. The van der Waals surface area contributed by atoms with Crippen LogP contribution in [0.15, 0.2) is 28.1 Å². The van der Waals surface area contributed by atoms with Gasteiger partial charge in [0.2, 0.25) is 5.13 Å². The normalized spacial score (nSPS) is 10.7. The van der Waals surface area contributed by atoms with Crippen LogP contribution in [-0.2, 0) is 0 Å². The quantitative estimate of drug-likeness (QED) is 0.751. The van der Waals surface area contributed by atoms with Crippen molar-refractivity contribution in [3.63, 3.8) is 0 Å². The van der Waals surface area contributed by atoms with Crippen molar-refractivity contribution in [3.05, 3.63) is 39.2 Å². The first-order valence-electron chi connectivity index (χ1n) is 4.78. The molecule has 3 heterocycles. The van der Waals surface area contributed by atoms with Crippen molar-refractivity contribution in [2.45, 2.75) is 0 Å². The predicted octanol–water partition coefficient (Wildman–Crippen LogP) is 0.860. The summed E-state index contributed by atoms with van der Waals surface area (Å²) in [6.07, 6.45) is 2.85. The number of thiazole rings is 1. The van der Waals surface area contributed by atoms with Crippen molar-refractivity contribution < 1.29 is 4.79 Å². The summed E-state index contributed by atoms with van der Waals surface area (Å²) >= 11 is 2.50. The van der Waals surface area contributed by atoms with Gasteiger partial charge in [-0.05, 0) is 0 Å². The van der Waals surface area contributed by atoms with Gasteiger partial charge in [0.15, 0.2) is 4.96 Å². The van der Waals surface area contributed by atoms with E-state index in [-0.39, 0.29) is 5.56 Å². The molecule has 0 bridgehead atoms. The summed E-state index contributed by atoms with van der Waals surface area (Å²) in [5.74, 6) is -0.537. The Balaban J connectivity index is 2.01. The van der Waals surface area contributed by atoms with Crippen LogP contribution in [0.5, 0.6) is 0 Å². The highest BCUT2D eigenvalue weighted by molar-refractivity contribution is 7.15. The third-order valence-electron chi connectivity index (χ3n) is 2.17. The van der Waals surface area contributed by atoms with Crippen LogP contribution in [0.2, 0.25) is 0 Å². The molecule has 0 radical (unpaired) electrons. The summed E-state index contributed by atoms with van der Waals surface area (Å²) in [5.41, 5.74) is 1.06. The van der Waals surface area contributed by atoms with E-state index in [9.17, 15) is 9.59 Å². The molecule has 1 amide bonds. The number of hydrogen-bond donors (Lipinski definition) is 1. The lowest BCUT2D eigenvalue weighted by atomic mass is 10.3. The molecule has 0 aliphatic rings. The van der Waals surface area contributed by atoms with Crippen LogP contribution >= 0.6 is 22.7 Å². The SMILES string of the molecule is O=C(Nc1nncs1)c1cnc2sccn2c1=O. The van der Waals surface area contributed by atoms with Gasteiger partial charge in [0.1, 0.15) is 11.1 Å². The number of nitrogens with zero attached hydrogens (tertiary/aromatic N) is 4. The highest BCUT2D eigenvalue weighted by atomic mass is 32.1. The van der Waals surface area contributed by atoms with E-state index in [1.165, 1.54) is 38.8 Å². The van der Waals surface area contributed by atoms with E-state index in [1.807, 2.05) is 0 Å². The summed E-state index contributed by atoms with van der Waals surface area (Å²) in [4.78, 5) is 28.5. The lowest BCUT2D eigenvalue weighted by Gasteiger charge is -2.00. The summed E-state index contributed by atoms with van der Waals surface area (Å²) in [5, 5.41) is 11.8. The Hall–Kier alpha value is -2.13. The summed E-state index contributed by atoms with van der Waals surface area (Å²) < 4.78 is 1.33. The van der Waals surface area contributed by atoms with Gasteiger partial charge in [-0.2, -0.15) is 0 Å². The van der Waals surface area contributed by atoms with Crippen LogP contribution in [0.25, 0.3) is 4.96 Å². The maximum absolute atomic E-state index is 12.0. The molecule has 9 heteroatoms. The maximum Gasteiger partial charge on any atom is 0.271 e. The monoisotopic (exact) mass is 279 g/mol. The number of aromatic nitrogens is 4. The summed E-state index contributed by atoms with van der Waals surface area (Å²) in [6.45, 7) is 0. The van der Waals surface area contributed by atoms with Crippen LogP contribution in [-0.4, -0.2) is 25.5 Å². The van der Waals surface area contributed by atoms with Crippen LogP contribution in [0.3, 0.4) is 0 Å². The first kappa shape index (κ1) is 11.0. The summed E-state index contributed by atoms with van der Waals surface area (Å²) in [7, 11) is 0. The minimum atomic E-state index is -0.537. The largest absolute Gasteiger partial charge is 0.296 e. The van der Waals surface area contributed by atoms with Crippen LogP contribution in [0.4, 0.5) is 5.13 Å². The van der Waals surface area contributed by atoms with Crippen LogP contribution < -0.4 is 10.9 Å². The number of carbonyl (C=O) groups excluding carboxylic acids is 1. The van der Waals surface area contributed by atoms with E-state index >= 15 is 0 Å². The number of fused-ring (bicyclic) bond motifs is 1. The zero-order valence-corrected chi connectivity index (χ0v) is 10.4. The van der Waals surface area contributed by atoms with Gasteiger partial charge in [0, 0.05) is 17.8 Å². The fourth-order valence-electron chi connectivity index (χ4n) is 1.37. The van der Waals surface area contributed by atoms with Crippen LogP contribution in [0, 0.1) is 0 Å². The molecular weight excluding hydrogens is 274 g/mol. The molecule has 3 aromatic rings. The van der Waals surface area contributed by atoms with E-state index in [0.29, 0.717) is 10.1 Å². The molecule has 0 atom stereocenters. The second-order valence-electron chi connectivity index (χ2n) is 3.23. The zero-order valence-electron chi connectivity index (χ0n) is 8.73. The van der Waals surface area contributed by atoms with E-state index in [4.69, 9.17) is 0 Å². The van der Waals surface area contributed by atoms with Gasteiger partial charge in [0.05, 0.1) is 0 Å². The van der Waals surface area contributed by atoms with Crippen molar-refractivity contribution >= 4 is 38.7 Å². The third kappa shape index (κ3) is 1.79. The van der Waals surface area contributed by atoms with Crippen molar-refractivity contribution in [2.75, 3.05) is 5.32 Å². The molecule has 3 rings (SSSR count). The number of anilines is 1. The first-order chi connectivity index (χ1) is 8.75. The molecule has 0 aromatic carbocycles. The van der Waals surface area contributed by atoms with E-state index in [2.05, 4.69) is 20.5 Å². The Labute approximate surface area is 108 Å². The lowest BCUT2D eigenvalue weighted by molar-refractivity contribution is 0.102. The highest BCUT2D eigenvalue weighted by Crippen LogP contribution is 2.10. The van der Waals surface area contributed by atoms with E-state index < -0.39 is 11.5 Å². The molecule has 0 unspecified atom stereocenters. The smallest absolute Gasteiger partial charge is 0.271 e. The molecule has 7 nitrogen and oxygen atoms in total. The molecular formula is C9H5N5O2S2. The first-order valence-corrected chi connectivity index (χ1v) is 6.54. The van der Waals surface area contributed by atoms with E-state index in [0.717, 1.165) is 0 Å². The molecule has 0 fully saturated rings. The van der Waals surface area contributed by atoms with Crippen molar-refractivity contribution in [3.8, 4) is 0 Å². The number of amides is 1. The lowest BCUT2D eigenvalue weighted by Crippen LogP contribution is -2.25. The Morgan fingerprint density at radius 3 is 3.06 bits per heavy atom. The Morgan fingerprint density at radius 2 is 2.28 bits per heavy atom. The average Bonchev–Trinajstić information content (AvgIpc) is 2.99. The average molecular weight is 279 g/mol. The maximum atomic E-state index is 12.0. The minimum Gasteiger partial charge on any atom is -0.296 e. The molecule has 0 saturated carbocycles. The zero-order chi connectivity index (χ0) is 12.5.